The monoisotopic (exact) mass is 756 g/mol. The fraction of sp³-hybridized carbons (Fsp3) is 0.409. The lowest BCUT2D eigenvalue weighted by molar-refractivity contribution is 0.0468. The number of ether oxygens (including phenoxy) is 4. The second kappa shape index (κ2) is 18.0. The van der Waals surface area contributed by atoms with Crippen LogP contribution in [0.1, 0.15) is 70.4 Å². The molecule has 0 aromatic heterocycles. The van der Waals surface area contributed by atoms with Crippen molar-refractivity contribution in [3.8, 4) is 0 Å². The molecule has 0 aliphatic carbocycles. The summed E-state index contributed by atoms with van der Waals surface area (Å²) in [6.07, 6.45) is 9.23. The molecule has 290 valence electrons. The van der Waals surface area contributed by atoms with Gasteiger partial charge >= 0.3 is 11.9 Å². The minimum absolute atomic E-state index is 0.0481. The number of epoxide rings is 2. The first kappa shape index (κ1) is 37.5. The van der Waals surface area contributed by atoms with Gasteiger partial charge < -0.3 is 28.7 Å². The van der Waals surface area contributed by atoms with Crippen LogP contribution in [0.5, 0.6) is 0 Å². The number of nitrogens with zero attached hydrogens (tertiary/aromatic N) is 6. The fourth-order valence-corrected chi connectivity index (χ4v) is 7.26. The fourth-order valence-electron chi connectivity index (χ4n) is 7.26. The third kappa shape index (κ3) is 10.2. The smallest absolute Gasteiger partial charge is 0.338 e. The summed E-state index contributed by atoms with van der Waals surface area (Å²) in [5.41, 5.74) is 9.30. The molecule has 4 heterocycles. The van der Waals surface area contributed by atoms with Gasteiger partial charge in [0.2, 0.25) is 0 Å². The Balaban J connectivity index is 0.758. The van der Waals surface area contributed by atoms with E-state index in [0.717, 1.165) is 63.2 Å². The number of carbonyl (C=O) groups excluding carboxylic acids is 2. The molecule has 4 aliphatic rings. The molecule has 4 aromatic carbocycles. The zero-order valence-electron chi connectivity index (χ0n) is 31.7. The predicted molar refractivity (Wildman–Crippen MR) is 214 cm³/mol. The van der Waals surface area contributed by atoms with Gasteiger partial charge in [0.15, 0.2) is 0 Å². The normalized spacial score (nSPS) is 18.5. The summed E-state index contributed by atoms with van der Waals surface area (Å²) < 4.78 is 20.7. The number of esters is 2. The van der Waals surface area contributed by atoms with Gasteiger partial charge in [-0.05, 0) is 135 Å². The van der Waals surface area contributed by atoms with Crippen molar-refractivity contribution >= 4 is 46.1 Å². The van der Waals surface area contributed by atoms with Gasteiger partial charge in [0, 0.05) is 37.6 Å². The molecule has 2 saturated heterocycles. The highest BCUT2D eigenvalue weighted by Gasteiger charge is 2.25. The largest absolute Gasteiger partial charge is 0.459 e. The van der Waals surface area contributed by atoms with Crippen LogP contribution in [0.25, 0.3) is 0 Å². The standard InChI is InChI=1S/C44H48N6O6/c51-43(55-29-39-27-53-39)31-9-13-35(14-10-31)45-47-37-17-19-41-33(25-37)7-5-23-49(41)21-3-1-2-4-22-50-24-6-8-34-26-38(18-20-42(34)50)48-46-36-15-11-32(12-16-36)44(52)56-30-40-28-54-40/h9-20,25-26,39-40H,1-8,21-24,27-30H2/b47-45+,48-46+/t39-,40?/m0/s1. The zero-order chi connectivity index (χ0) is 38.1. The second-order valence-corrected chi connectivity index (χ2v) is 14.8. The minimum atomic E-state index is -0.355. The SMILES string of the molecule is O=C(OCC1CO1)c1ccc(/N=N/c2ccc3c(c2)CCCN3CCCCCCN2CCCc3cc(/N=N/c4ccc(C(=O)OC[C@@H]5CO5)cc4)ccc32)cc1. The van der Waals surface area contributed by atoms with Crippen LogP contribution in [0.15, 0.2) is 105 Å². The highest BCUT2D eigenvalue weighted by Crippen LogP contribution is 2.33. The number of fused-ring (bicyclic) bond motifs is 2. The van der Waals surface area contributed by atoms with Crippen molar-refractivity contribution in [3.05, 3.63) is 107 Å². The van der Waals surface area contributed by atoms with E-state index in [1.807, 2.05) is 12.1 Å². The number of azo groups is 2. The molecule has 0 saturated carbocycles. The maximum Gasteiger partial charge on any atom is 0.338 e. The number of unbranched alkanes of at least 4 members (excludes halogenated alkanes) is 3. The van der Waals surface area contributed by atoms with E-state index in [-0.39, 0.29) is 24.1 Å². The van der Waals surface area contributed by atoms with Crippen LogP contribution in [-0.2, 0) is 31.8 Å². The summed E-state index contributed by atoms with van der Waals surface area (Å²) in [6, 6.07) is 26.8. The third-order valence-electron chi connectivity index (χ3n) is 10.5. The van der Waals surface area contributed by atoms with Crippen LogP contribution in [0.3, 0.4) is 0 Å². The van der Waals surface area contributed by atoms with E-state index >= 15 is 0 Å². The van der Waals surface area contributed by atoms with Gasteiger partial charge in [-0.2, -0.15) is 20.5 Å². The molecule has 8 rings (SSSR count). The van der Waals surface area contributed by atoms with E-state index in [1.54, 1.807) is 48.5 Å². The topological polar surface area (TPSA) is 134 Å². The lowest BCUT2D eigenvalue weighted by Gasteiger charge is -2.32. The molecule has 1 unspecified atom stereocenters. The van der Waals surface area contributed by atoms with Crippen molar-refractivity contribution < 1.29 is 28.5 Å². The van der Waals surface area contributed by atoms with Gasteiger partial charge in [0.25, 0.3) is 0 Å². The van der Waals surface area contributed by atoms with E-state index in [1.165, 1.54) is 48.2 Å². The highest BCUT2D eigenvalue weighted by atomic mass is 16.6. The molecular formula is C44H48N6O6. The van der Waals surface area contributed by atoms with E-state index < -0.39 is 0 Å². The highest BCUT2D eigenvalue weighted by molar-refractivity contribution is 5.90. The van der Waals surface area contributed by atoms with Gasteiger partial charge in [0.05, 0.1) is 47.1 Å². The zero-order valence-corrected chi connectivity index (χ0v) is 31.7. The molecule has 0 N–H and O–H groups in total. The first-order valence-electron chi connectivity index (χ1n) is 19.9. The van der Waals surface area contributed by atoms with Gasteiger partial charge in [-0.1, -0.05) is 12.8 Å². The molecular weight excluding hydrogens is 709 g/mol. The summed E-state index contributed by atoms with van der Waals surface area (Å²) >= 11 is 0. The molecule has 12 heteroatoms. The molecule has 4 aliphatic heterocycles. The van der Waals surface area contributed by atoms with E-state index in [0.29, 0.717) is 48.9 Å². The van der Waals surface area contributed by atoms with Gasteiger partial charge in [0.1, 0.15) is 25.4 Å². The lowest BCUT2D eigenvalue weighted by atomic mass is 10.00. The molecule has 4 aromatic rings. The number of anilines is 2. The minimum Gasteiger partial charge on any atom is -0.459 e. The number of rotatable bonds is 17. The molecule has 12 nitrogen and oxygen atoms in total. The van der Waals surface area contributed by atoms with Crippen molar-refractivity contribution in [2.24, 2.45) is 20.5 Å². The van der Waals surface area contributed by atoms with Gasteiger partial charge in [-0.15, -0.1) is 0 Å². The Hall–Kier alpha value is -5.46. The Morgan fingerprint density at radius 1 is 0.554 bits per heavy atom. The third-order valence-corrected chi connectivity index (χ3v) is 10.5. The molecule has 0 amide bonds. The average Bonchev–Trinajstić information content (AvgIpc) is 4.19. The van der Waals surface area contributed by atoms with E-state index in [2.05, 4.69) is 54.5 Å². The van der Waals surface area contributed by atoms with Crippen LogP contribution >= 0.6 is 0 Å². The van der Waals surface area contributed by atoms with Crippen LogP contribution in [0, 0.1) is 0 Å². The van der Waals surface area contributed by atoms with Crippen LogP contribution < -0.4 is 9.80 Å². The van der Waals surface area contributed by atoms with Crippen molar-refractivity contribution in [2.45, 2.75) is 63.6 Å². The maximum atomic E-state index is 12.2. The van der Waals surface area contributed by atoms with Crippen LogP contribution in [0.4, 0.5) is 34.1 Å². The Morgan fingerprint density at radius 2 is 0.946 bits per heavy atom. The van der Waals surface area contributed by atoms with Crippen molar-refractivity contribution in [2.75, 3.05) is 62.4 Å². The Labute approximate surface area is 327 Å². The second-order valence-electron chi connectivity index (χ2n) is 14.8. The molecule has 2 fully saturated rings. The van der Waals surface area contributed by atoms with Gasteiger partial charge in [-0.3, -0.25) is 0 Å². The maximum absolute atomic E-state index is 12.2. The molecule has 0 spiro atoms. The molecule has 0 radical (unpaired) electrons. The van der Waals surface area contributed by atoms with Crippen LogP contribution in [-0.4, -0.2) is 76.8 Å². The van der Waals surface area contributed by atoms with E-state index in [4.69, 9.17) is 18.9 Å². The number of hydrogen-bond acceptors (Lipinski definition) is 12. The lowest BCUT2D eigenvalue weighted by Crippen LogP contribution is -2.30. The van der Waals surface area contributed by atoms with Crippen LogP contribution in [0.2, 0.25) is 0 Å². The first-order chi connectivity index (χ1) is 27.5. The Bertz CT molecular complexity index is 1900. The first-order valence-corrected chi connectivity index (χ1v) is 19.9. The number of hydrogen-bond donors (Lipinski definition) is 0. The van der Waals surface area contributed by atoms with Gasteiger partial charge in [-0.25, -0.2) is 9.59 Å². The number of benzene rings is 4. The van der Waals surface area contributed by atoms with Crippen molar-refractivity contribution in [3.63, 3.8) is 0 Å². The van der Waals surface area contributed by atoms with E-state index in [9.17, 15) is 9.59 Å². The quantitative estimate of drug-likeness (QED) is 0.0450. The van der Waals surface area contributed by atoms with Crippen molar-refractivity contribution in [1.82, 2.24) is 0 Å². The summed E-state index contributed by atoms with van der Waals surface area (Å²) in [5.74, 6) is -0.710. The molecule has 2 atom stereocenters. The predicted octanol–water partition coefficient (Wildman–Crippen LogP) is 9.39. The molecule has 56 heavy (non-hydrogen) atoms. The van der Waals surface area contributed by atoms with Crippen molar-refractivity contribution in [1.29, 1.82) is 0 Å². The number of carbonyl (C=O) groups is 2. The molecule has 0 bridgehead atoms. The Kier molecular flexibility index (Phi) is 12.0. The number of aryl methyl sites for hydroxylation is 2. The Morgan fingerprint density at radius 3 is 1.36 bits per heavy atom. The average molecular weight is 757 g/mol. The summed E-state index contributed by atoms with van der Waals surface area (Å²) in [6.45, 7) is 6.20. The summed E-state index contributed by atoms with van der Waals surface area (Å²) in [5, 5.41) is 17.8. The summed E-state index contributed by atoms with van der Waals surface area (Å²) in [4.78, 5) is 29.4. The summed E-state index contributed by atoms with van der Waals surface area (Å²) in [7, 11) is 0.